The van der Waals surface area contributed by atoms with Gasteiger partial charge in [-0.3, -0.25) is 0 Å². The van der Waals surface area contributed by atoms with Crippen molar-refractivity contribution in [2.45, 2.75) is 37.1 Å². The summed E-state index contributed by atoms with van der Waals surface area (Å²) in [4.78, 5) is 19.9. The number of fused-ring (bicyclic) bond motifs is 1. The molecule has 4 unspecified atom stereocenters. The second kappa shape index (κ2) is 7.78. The first-order chi connectivity index (χ1) is 14.7. The zero-order valence-electron chi connectivity index (χ0n) is 16.4. The molecule has 4 heterocycles. The third-order valence-corrected chi connectivity index (χ3v) is 6.22. The predicted octanol–water partition coefficient (Wildman–Crippen LogP) is 0.187. The second-order valence-electron chi connectivity index (χ2n) is 8.04. The zero-order valence-corrected chi connectivity index (χ0v) is 16.4. The molecule has 5 rings (SSSR count). The number of nitrogens with one attached hydrogen (secondary N) is 1. The Kier molecular flexibility index (Phi) is 4.97. The Morgan fingerprint density at radius 3 is 2.77 bits per heavy atom. The van der Waals surface area contributed by atoms with Crippen molar-refractivity contribution in [2.75, 3.05) is 29.9 Å². The van der Waals surface area contributed by atoms with E-state index in [1.807, 2.05) is 18.2 Å². The Balaban J connectivity index is 1.36. The van der Waals surface area contributed by atoms with Crippen molar-refractivity contribution >= 4 is 22.8 Å². The number of aliphatic hydroxyl groups is 3. The van der Waals surface area contributed by atoms with Crippen LogP contribution in [0.3, 0.4) is 0 Å². The van der Waals surface area contributed by atoms with Gasteiger partial charge < -0.3 is 30.1 Å². The van der Waals surface area contributed by atoms with Gasteiger partial charge in [-0.2, -0.15) is 0 Å². The van der Waals surface area contributed by atoms with Gasteiger partial charge in [-0.05, 0) is 25.0 Å². The molecule has 0 amide bonds. The molecule has 1 aliphatic heterocycles. The molecule has 10 nitrogen and oxygen atoms in total. The highest BCUT2D eigenvalue weighted by Gasteiger charge is 2.42. The number of anilines is 2. The molecule has 1 saturated heterocycles. The summed E-state index contributed by atoms with van der Waals surface area (Å²) in [7, 11) is 0. The summed E-state index contributed by atoms with van der Waals surface area (Å²) in [5.41, 5.74) is 1.23. The van der Waals surface area contributed by atoms with Crippen molar-refractivity contribution in [2.24, 2.45) is 5.92 Å². The van der Waals surface area contributed by atoms with Gasteiger partial charge in [0.1, 0.15) is 23.8 Å². The van der Waals surface area contributed by atoms with Crippen molar-refractivity contribution in [3.05, 3.63) is 37.1 Å². The molecule has 5 atom stereocenters. The predicted molar refractivity (Wildman–Crippen MR) is 110 cm³/mol. The number of imidazole rings is 1. The lowest BCUT2D eigenvalue weighted by molar-refractivity contribution is -0.00370. The van der Waals surface area contributed by atoms with Crippen molar-refractivity contribution < 1.29 is 15.3 Å². The molecule has 2 aliphatic rings. The molecule has 10 heteroatoms. The van der Waals surface area contributed by atoms with Crippen LogP contribution in [0.25, 0.3) is 11.2 Å². The number of rotatable bonds is 5. The smallest absolute Gasteiger partial charge is 0.165 e. The first-order valence-electron chi connectivity index (χ1n) is 10.2. The average Bonchev–Trinajstić information content (AvgIpc) is 3.48. The summed E-state index contributed by atoms with van der Waals surface area (Å²) in [6.07, 6.45) is 4.37. The topological polar surface area (TPSA) is 132 Å². The minimum absolute atomic E-state index is 0.169. The van der Waals surface area contributed by atoms with Gasteiger partial charge >= 0.3 is 0 Å². The highest BCUT2D eigenvalue weighted by molar-refractivity contribution is 5.83. The minimum Gasteiger partial charge on any atom is -0.396 e. The van der Waals surface area contributed by atoms with Gasteiger partial charge in [-0.1, -0.05) is 6.07 Å². The standard InChI is InChI=1S/C20H25N7O3/c28-9-12-7-14(18(30)17(12)29)27-11-24-16-19(22-10-23-20(16)27)25-13-4-6-26(8-13)15-3-1-2-5-21-15/h1-3,5,10-14,17-18,28-30H,4,6-9H2,(H,22,23,25)/t12?,13-,14?,17?,18?/m0/s1. The first kappa shape index (κ1) is 19.2. The van der Waals surface area contributed by atoms with E-state index >= 15 is 0 Å². The molecular weight excluding hydrogens is 386 g/mol. The Morgan fingerprint density at radius 2 is 2.00 bits per heavy atom. The fourth-order valence-electron chi connectivity index (χ4n) is 4.58. The molecule has 4 N–H and O–H groups in total. The lowest BCUT2D eigenvalue weighted by atomic mass is 10.1. The van der Waals surface area contributed by atoms with Crippen LogP contribution in [0.2, 0.25) is 0 Å². The Labute approximate surface area is 173 Å². The van der Waals surface area contributed by atoms with Gasteiger partial charge in [0.05, 0.1) is 18.5 Å². The molecule has 30 heavy (non-hydrogen) atoms. The lowest BCUT2D eigenvalue weighted by Crippen LogP contribution is -2.30. The maximum atomic E-state index is 10.4. The van der Waals surface area contributed by atoms with E-state index in [1.165, 1.54) is 6.33 Å². The van der Waals surface area contributed by atoms with Crippen LogP contribution < -0.4 is 10.2 Å². The highest BCUT2D eigenvalue weighted by atomic mass is 16.3. The van der Waals surface area contributed by atoms with E-state index in [9.17, 15) is 15.3 Å². The van der Waals surface area contributed by atoms with Gasteiger partial charge in [-0.25, -0.2) is 19.9 Å². The summed E-state index contributed by atoms with van der Waals surface area (Å²) >= 11 is 0. The van der Waals surface area contributed by atoms with Gasteiger partial charge in [0.15, 0.2) is 11.5 Å². The van der Waals surface area contributed by atoms with Crippen LogP contribution in [0.4, 0.5) is 11.6 Å². The van der Waals surface area contributed by atoms with E-state index in [0.717, 1.165) is 25.3 Å². The fourth-order valence-corrected chi connectivity index (χ4v) is 4.58. The van der Waals surface area contributed by atoms with E-state index in [4.69, 9.17) is 0 Å². The zero-order chi connectivity index (χ0) is 20.7. The fraction of sp³-hybridized carbons (Fsp3) is 0.500. The van der Waals surface area contributed by atoms with Gasteiger partial charge in [0.2, 0.25) is 0 Å². The largest absolute Gasteiger partial charge is 0.396 e. The van der Waals surface area contributed by atoms with Crippen LogP contribution in [0, 0.1) is 5.92 Å². The number of hydrogen-bond donors (Lipinski definition) is 4. The maximum Gasteiger partial charge on any atom is 0.165 e. The van der Waals surface area contributed by atoms with Crippen LogP contribution in [-0.4, -0.2) is 77.8 Å². The van der Waals surface area contributed by atoms with Crippen molar-refractivity contribution in [3.8, 4) is 0 Å². The first-order valence-corrected chi connectivity index (χ1v) is 10.2. The SMILES string of the molecule is OCC1CC(n2cnc3c(N[C@H]4CCN(c5ccccn5)C4)ncnc32)C(O)C1O. The summed E-state index contributed by atoms with van der Waals surface area (Å²) < 4.78 is 1.78. The molecule has 158 valence electrons. The summed E-state index contributed by atoms with van der Waals surface area (Å²) in [5.74, 6) is 1.25. The van der Waals surface area contributed by atoms with Crippen LogP contribution >= 0.6 is 0 Å². The molecule has 3 aromatic rings. The van der Waals surface area contributed by atoms with Gasteiger partial charge in [0.25, 0.3) is 0 Å². The number of pyridine rings is 1. The van der Waals surface area contributed by atoms with Crippen LogP contribution in [-0.2, 0) is 0 Å². The van der Waals surface area contributed by atoms with Crippen molar-refractivity contribution in [1.82, 2.24) is 24.5 Å². The van der Waals surface area contributed by atoms with Crippen LogP contribution in [0.15, 0.2) is 37.1 Å². The quantitative estimate of drug-likeness (QED) is 0.464. The molecule has 0 radical (unpaired) electrons. The number of hydrogen-bond acceptors (Lipinski definition) is 9. The van der Waals surface area contributed by atoms with Crippen molar-refractivity contribution in [3.63, 3.8) is 0 Å². The molecule has 0 bridgehead atoms. The maximum absolute atomic E-state index is 10.4. The number of aliphatic hydroxyl groups excluding tert-OH is 3. The Morgan fingerprint density at radius 1 is 1.10 bits per heavy atom. The summed E-state index contributed by atoms with van der Waals surface area (Å²) in [5, 5.41) is 33.5. The molecule has 2 fully saturated rings. The normalized spacial score (nSPS) is 29.0. The van der Waals surface area contributed by atoms with Crippen molar-refractivity contribution in [1.29, 1.82) is 0 Å². The molecule has 0 aromatic carbocycles. The summed E-state index contributed by atoms with van der Waals surface area (Å²) in [6.45, 7) is 1.55. The Hall–Kier alpha value is -2.82. The number of aromatic nitrogens is 5. The Bertz CT molecular complexity index is 1010. The molecule has 1 saturated carbocycles. The van der Waals surface area contributed by atoms with E-state index in [1.54, 1.807) is 17.1 Å². The molecule has 0 spiro atoms. The lowest BCUT2D eigenvalue weighted by Gasteiger charge is -2.19. The highest BCUT2D eigenvalue weighted by Crippen LogP contribution is 2.37. The van der Waals surface area contributed by atoms with E-state index < -0.39 is 18.2 Å². The van der Waals surface area contributed by atoms with Gasteiger partial charge in [0, 0.05) is 37.9 Å². The second-order valence-corrected chi connectivity index (χ2v) is 8.04. The monoisotopic (exact) mass is 411 g/mol. The molecular formula is C20H25N7O3. The average molecular weight is 411 g/mol. The third kappa shape index (κ3) is 3.26. The third-order valence-electron chi connectivity index (χ3n) is 6.22. The number of nitrogens with zero attached hydrogens (tertiary/aromatic N) is 6. The molecule has 1 aliphatic carbocycles. The van der Waals surface area contributed by atoms with E-state index in [-0.39, 0.29) is 18.6 Å². The van der Waals surface area contributed by atoms with Crippen LogP contribution in [0.5, 0.6) is 0 Å². The van der Waals surface area contributed by atoms with Crippen LogP contribution in [0.1, 0.15) is 18.9 Å². The minimum atomic E-state index is -0.979. The summed E-state index contributed by atoms with van der Waals surface area (Å²) in [6, 6.07) is 5.71. The molecule has 3 aromatic heterocycles. The van der Waals surface area contributed by atoms with E-state index in [2.05, 4.69) is 30.2 Å². The van der Waals surface area contributed by atoms with Gasteiger partial charge in [-0.15, -0.1) is 0 Å². The van der Waals surface area contributed by atoms with E-state index in [0.29, 0.717) is 23.4 Å².